The van der Waals surface area contributed by atoms with Gasteiger partial charge in [-0.05, 0) is 29.8 Å². The van der Waals surface area contributed by atoms with Crippen LogP contribution in [0.4, 0.5) is 4.39 Å². The molecule has 0 saturated heterocycles. The number of rotatable bonds is 2. The molecule has 0 amide bonds. The maximum atomic E-state index is 13.6. The van der Waals surface area contributed by atoms with Crippen molar-refractivity contribution in [2.75, 3.05) is 6.26 Å². The number of sulfone groups is 1. The minimum atomic E-state index is -3.45. The molecule has 2 aromatic rings. The third-order valence-electron chi connectivity index (χ3n) is 2.50. The normalized spacial score (nSPS) is 11.4. The van der Waals surface area contributed by atoms with E-state index in [-0.39, 0.29) is 16.2 Å². The number of phenolic OH excluding ortho intramolecular Hbond substituents is 1. The topological polar surface area (TPSA) is 54.4 Å². The van der Waals surface area contributed by atoms with Crippen LogP contribution in [0.25, 0.3) is 11.1 Å². The fourth-order valence-electron chi connectivity index (χ4n) is 1.65. The average molecular weight is 266 g/mol. The Balaban J connectivity index is 2.67. The van der Waals surface area contributed by atoms with E-state index in [0.29, 0.717) is 5.56 Å². The van der Waals surface area contributed by atoms with Crippen molar-refractivity contribution >= 4 is 9.84 Å². The van der Waals surface area contributed by atoms with Crippen LogP contribution in [0.5, 0.6) is 5.75 Å². The molecule has 0 unspecified atom stereocenters. The van der Waals surface area contributed by atoms with Gasteiger partial charge in [0.2, 0.25) is 0 Å². The van der Waals surface area contributed by atoms with E-state index in [1.807, 2.05) is 0 Å². The zero-order valence-corrected chi connectivity index (χ0v) is 10.4. The van der Waals surface area contributed by atoms with Crippen molar-refractivity contribution in [2.45, 2.75) is 4.90 Å². The van der Waals surface area contributed by atoms with E-state index in [2.05, 4.69) is 0 Å². The summed E-state index contributed by atoms with van der Waals surface area (Å²) in [4.78, 5) is -0.0410. The third-order valence-corrected chi connectivity index (χ3v) is 3.60. The molecular formula is C13H11FO3S. The van der Waals surface area contributed by atoms with Crippen molar-refractivity contribution < 1.29 is 17.9 Å². The zero-order chi connectivity index (χ0) is 13.3. The maximum Gasteiger partial charge on any atom is 0.175 e. The van der Waals surface area contributed by atoms with Crippen LogP contribution in [-0.4, -0.2) is 19.8 Å². The molecule has 0 fully saturated rings. The summed E-state index contributed by atoms with van der Waals surface area (Å²) in [6.07, 6.45) is 1.03. The van der Waals surface area contributed by atoms with Crippen molar-refractivity contribution in [2.24, 2.45) is 0 Å². The number of benzene rings is 2. The number of aromatic hydroxyl groups is 1. The lowest BCUT2D eigenvalue weighted by Crippen LogP contribution is -1.97. The van der Waals surface area contributed by atoms with Crippen molar-refractivity contribution in [3.05, 3.63) is 48.3 Å². The van der Waals surface area contributed by atoms with Gasteiger partial charge in [0.15, 0.2) is 9.84 Å². The molecule has 0 heterocycles. The summed E-state index contributed by atoms with van der Waals surface area (Å²) >= 11 is 0. The molecule has 94 valence electrons. The molecule has 3 nitrogen and oxygen atoms in total. The van der Waals surface area contributed by atoms with Gasteiger partial charge < -0.3 is 5.11 Å². The van der Waals surface area contributed by atoms with Gasteiger partial charge in [-0.25, -0.2) is 12.8 Å². The number of halogens is 1. The highest BCUT2D eigenvalue weighted by Gasteiger charge is 2.12. The summed E-state index contributed by atoms with van der Waals surface area (Å²) in [5.74, 6) is -0.682. The SMILES string of the molecule is CS(=O)(=O)c1cc(O)cc(-c2ccccc2F)c1. The molecule has 0 aliphatic rings. The summed E-state index contributed by atoms with van der Waals surface area (Å²) in [6, 6.07) is 9.79. The molecule has 1 N–H and O–H groups in total. The van der Waals surface area contributed by atoms with Crippen molar-refractivity contribution in [1.29, 1.82) is 0 Å². The Kier molecular flexibility index (Phi) is 3.09. The Bertz CT molecular complexity index is 693. The van der Waals surface area contributed by atoms with Gasteiger partial charge in [-0.15, -0.1) is 0 Å². The zero-order valence-electron chi connectivity index (χ0n) is 9.59. The minimum absolute atomic E-state index is 0.0410. The summed E-state index contributed by atoms with van der Waals surface area (Å²) in [6.45, 7) is 0. The summed E-state index contributed by atoms with van der Waals surface area (Å²) < 4.78 is 36.5. The lowest BCUT2D eigenvalue weighted by Gasteiger charge is -2.07. The van der Waals surface area contributed by atoms with E-state index in [1.165, 1.54) is 24.3 Å². The van der Waals surface area contributed by atoms with Crippen LogP contribution in [0, 0.1) is 5.82 Å². The fraction of sp³-hybridized carbons (Fsp3) is 0.0769. The molecule has 0 aliphatic carbocycles. The highest BCUT2D eigenvalue weighted by Crippen LogP contribution is 2.29. The maximum absolute atomic E-state index is 13.6. The second kappa shape index (κ2) is 4.42. The van der Waals surface area contributed by atoms with Crippen LogP contribution in [0.3, 0.4) is 0 Å². The summed E-state index contributed by atoms with van der Waals surface area (Å²) in [7, 11) is -3.45. The van der Waals surface area contributed by atoms with Gasteiger partial charge in [0.1, 0.15) is 11.6 Å². The van der Waals surface area contributed by atoms with E-state index in [4.69, 9.17) is 0 Å². The quantitative estimate of drug-likeness (QED) is 0.909. The molecule has 2 rings (SSSR count). The first-order valence-electron chi connectivity index (χ1n) is 5.17. The Hall–Kier alpha value is -1.88. The van der Waals surface area contributed by atoms with Crippen LogP contribution < -0.4 is 0 Å². The van der Waals surface area contributed by atoms with Gasteiger partial charge in [-0.3, -0.25) is 0 Å². The van der Waals surface area contributed by atoms with E-state index in [0.717, 1.165) is 12.3 Å². The van der Waals surface area contributed by atoms with Gasteiger partial charge in [-0.1, -0.05) is 18.2 Å². The molecule has 0 atom stereocenters. The second-order valence-electron chi connectivity index (χ2n) is 3.97. The second-order valence-corrected chi connectivity index (χ2v) is 5.98. The highest BCUT2D eigenvalue weighted by molar-refractivity contribution is 7.90. The van der Waals surface area contributed by atoms with Crippen LogP contribution in [-0.2, 0) is 9.84 Å². The average Bonchev–Trinajstić information content (AvgIpc) is 2.27. The van der Waals surface area contributed by atoms with Gasteiger partial charge in [0.05, 0.1) is 4.90 Å². The lowest BCUT2D eigenvalue weighted by molar-refractivity contribution is 0.473. The van der Waals surface area contributed by atoms with Crippen LogP contribution in [0.15, 0.2) is 47.4 Å². The number of hydrogen-bond donors (Lipinski definition) is 1. The summed E-state index contributed by atoms with van der Waals surface area (Å²) in [5, 5.41) is 9.52. The first-order chi connectivity index (χ1) is 8.38. The molecule has 2 aromatic carbocycles. The van der Waals surface area contributed by atoms with Crippen molar-refractivity contribution in [3.63, 3.8) is 0 Å². The van der Waals surface area contributed by atoms with E-state index in [1.54, 1.807) is 12.1 Å². The lowest BCUT2D eigenvalue weighted by atomic mass is 10.1. The minimum Gasteiger partial charge on any atom is -0.508 e. The number of hydrogen-bond acceptors (Lipinski definition) is 3. The standard InChI is InChI=1S/C13H11FO3S/c1-18(16,17)11-7-9(6-10(15)8-11)12-4-2-3-5-13(12)14/h2-8,15H,1H3. The van der Waals surface area contributed by atoms with Gasteiger partial charge in [-0.2, -0.15) is 0 Å². The first kappa shape index (κ1) is 12.6. The predicted octanol–water partition coefficient (Wildman–Crippen LogP) is 2.60. The molecule has 0 radical (unpaired) electrons. The monoisotopic (exact) mass is 266 g/mol. The fourth-order valence-corrected chi connectivity index (χ4v) is 2.32. The van der Waals surface area contributed by atoms with Crippen molar-refractivity contribution in [3.8, 4) is 16.9 Å². The van der Waals surface area contributed by atoms with Gasteiger partial charge in [0.25, 0.3) is 0 Å². The van der Waals surface area contributed by atoms with Crippen LogP contribution in [0.1, 0.15) is 0 Å². The molecule has 0 aromatic heterocycles. The van der Waals surface area contributed by atoms with E-state index >= 15 is 0 Å². The third kappa shape index (κ3) is 2.51. The Morgan fingerprint density at radius 2 is 1.78 bits per heavy atom. The van der Waals surface area contributed by atoms with Crippen LogP contribution in [0.2, 0.25) is 0 Å². The summed E-state index contributed by atoms with van der Waals surface area (Å²) in [5.41, 5.74) is 0.576. The Morgan fingerprint density at radius 3 is 2.39 bits per heavy atom. The molecule has 5 heteroatoms. The van der Waals surface area contributed by atoms with Gasteiger partial charge in [0, 0.05) is 11.8 Å². The highest BCUT2D eigenvalue weighted by atomic mass is 32.2. The molecule has 0 spiro atoms. The smallest absolute Gasteiger partial charge is 0.175 e. The Labute approximate surface area is 104 Å². The molecule has 0 saturated carbocycles. The largest absolute Gasteiger partial charge is 0.508 e. The predicted molar refractivity (Wildman–Crippen MR) is 66.6 cm³/mol. The van der Waals surface area contributed by atoms with Crippen molar-refractivity contribution in [1.82, 2.24) is 0 Å². The first-order valence-corrected chi connectivity index (χ1v) is 7.06. The van der Waals surface area contributed by atoms with E-state index in [9.17, 15) is 17.9 Å². The van der Waals surface area contributed by atoms with Gasteiger partial charge >= 0.3 is 0 Å². The number of phenols is 1. The van der Waals surface area contributed by atoms with E-state index < -0.39 is 15.7 Å². The molecule has 0 bridgehead atoms. The molecule has 0 aliphatic heterocycles. The molecule has 18 heavy (non-hydrogen) atoms. The molecular weight excluding hydrogens is 255 g/mol. The Morgan fingerprint density at radius 1 is 1.11 bits per heavy atom. The van der Waals surface area contributed by atoms with Crippen LogP contribution >= 0.6 is 0 Å².